The van der Waals surface area contributed by atoms with Crippen molar-refractivity contribution >= 4 is 17.5 Å². The van der Waals surface area contributed by atoms with Crippen molar-refractivity contribution in [2.75, 3.05) is 57.4 Å². The number of piperidine rings is 1. The Morgan fingerprint density at radius 2 is 1.92 bits per heavy atom. The minimum absolute atomic E-state index is 0.121. The molecule has 0 radical (unpaired) electrons. The van der Waals surface area contributed by atoms with Gasteiger partial charge in [0.05, 0.1) is 18.6 Å². The number of rotatable bonds is 4. The largest absolute Gasteiger partial charge is 0.379 e. The van der Waals surface area contributed by atoms with Crippen LogP contribution in [-0.2, 0) is 14.9 Å². The van der Waals surface area contributed by atoms with Crippen LogP contribution in [0.25, 0.3) is 0 Å². The lowest BCUT2D eigenvalue weighted by Crippen LogP contribution is -2.49. The van der Waals surface area contributed by atoms with Crippen LogP contribution in [0.5, 0.6) is 0 Å². The Morgan fingerprint density at radius 1 is 1.19 bits per heavy atom. The number of primary amides is 1. The highest BCUT2D eigenvalue weighted by atomic mass is 16.5. The molecule has 7 nitrogen and oxygen atoms in total. The molecule has 26 heavy (non-hydrogen) atoms. The maximum absolute atomic E-state index is 13.5. The molecule has 3 N–H and O–H groups in total. The van der Waals surface area contributed by atoms with E-state index in [9.17, 15) is 9.59 Å². The van der Waals surface area contributed by atoms with Crippen molar-refractivity contribution < 1.29 is 14.3 Å². The number of amides is 2. The molecule has 4 rings (SSSR count). The molecule has 140 valence electrons. The van der Waals surface area contributed by atoms with Crippen LogP contribution in [0.2, 0.25) is 0 Å². The number of nitrogens with one attached hydrogen (secondary N) is 1. The molecule has 3 aliphatic heterocycles. The van der Waals surface area contributed by atoms with Gasteiger partial charge in [-0.1, -0.05) is 6.07 Å². The molecule has 2 saturated heterocycles. The lowest BCUT2D eigenvalue weighted by molar-refractivity contribution is -0.124. The van der Waals surface area contributed by atoms with Crippen molar-refractivity contribution in [1.82, 2.24) is 10.2 Å². The van der Waals surface area contributed by atoms with E-state index in [2.05, 4.69) is 10.2 Å². The fourth-order valence-corrected chi connectivity index (χ4v) is 4.55. The first-order valence-corrected chi connectivity index (χ1v) is 9.39. The van der Waals surface area contributed by atoms with Crippen molar-refractivity contribution in [3.63, 3.8) is 0 Å². The third-order valence-corrected chi connectivity index (χ3v) is 5.93. The highest BCUT2D eigenvalue weighted by Crippen LogP contribution is 2.48. The smallest absolute Gasteiger partial charge is 0.249 e. The average Bonchev–Trinajstić information content (AvgIpc) is 2.90. The first-order valence-electron chi connectivity index (χ1n) is 9.39. The standard InChI is InChI=1S/C19H26N4O3/c20-17(24)14-2-1-3-15-16(14)19(4-6-21-7-5-19)18(25)23(15)9-8-22-10-12-26-13-11-22/h1-3,21H,4-13H2,(H2,20,24). The van der Waals surface area contributed by atoms with Crippen molar-refractivity contribution in [2.24, 2.45) is 5.73 Å². The average molecular weight is 358 g/mol. The second kappa shape index (κ2) is 6.98. The highest BCUT2D eigenvalue weighted by molar-refractivity contribution is 6.12. The monoisotopic (exact) mass is 358 g/mol. The number of ether oxygens (including phenoxy) is 1. The van der Waals surface area contributed by atoms with Crippen molar-refractivity contribution in [2.45, 2.75) is 18.3 Å². The molecule has 3 aliphatic rings. The minimum atomic E-state index is -0.614. The van der Waals surface area contributed by atoms with E-state index in [1.807, 2.05) is 17.0 Å². The van der Waals surface area contributed by atoms with Gasteiger partial charge in [-0.15, -0.1) is 0 Å². The summed E-state index contributed by atoms with van der Waals surface area (Å²) in [4.78, 5) is 29.7. The summed E-state index contributed by atoms with van der Waals surface area (Å²) < 4.78 is 5.40. The van der Waals surface area contributed by atoms with Gasteiger partial charge in [-0.25, -0.2) is 0 Å². The Labute approximate surface area is 153 Å². The van der Waals surface area contributed by atoms with E-state index in [4.69, 9.17) is 10.5 Å². The van der Waals surface area contributed by atoms with Crippen LogP contribution in [0, 0.1) is 0 Å². The van der Waals surface area contributed by atoms with Crippen LogP contribution >= 0.6 is 0 Å². The van der Waals surface area contributed by atoms with Gasteiger partial charge in [0.2, 0.25) is 11.8 Å². The summed E-state index contributed by atoms with van der Waals surface area (Å²) in [5.74, 6) is -0.335. The molecule has 0 saturated carbocycles. The predicted molar refractivity (Wildman–Crippen MR) is 98.4 cm³/mol. The Bertz CT molecular complexity index is 709. The topological polar surface area (TPSA) is 87.9 Å². The third-order valence-electron chi connectivity index (χ3n) is 5.93. The zero-order valence-electron chi connectivity index (χ0n) is 15.0. The maximum atomic E-state index is 13.5. The molecule has 1 aromatic carbocycles. The van der Waals surface area contributed by atoms with E-state index in [1.165, 1.54) is 0 Å². The number of fused-ring (bicyclic) bond motifs is 2. The second-order valence-electron chi connectivity index (χ2n) is 7.31. The normalized spacial score (nSPS) is 22.6. The molecular formula is C19H26N4O3. The highest BCUT2D eigenvalue weighted by Gasteiger charge is 2.52. The van der Waals surface area contributed by atoms with Gasteiger partial charge >= 0.3 is 0 Å². The number of nitrogens with zero attached hydrogens (tertiary/aromatic N) is 2. The van der Waals surface area contributed by atoms with Gasteiger partial charge in [0, 0.05) is 43.0 Å². The number of carbonyl (C=O) groups excluding carboxylic acids is 2. The van der Waals surface area contributed by atoms with Crippen LogP contribution in [0.3, 0.4) is 0 Å². The molecule has 0 unspecified atom stereocenters. The van der Waals surface area contributed by atoms with Crippen molar-refractivity contribution in [1.29, 1.82) is 0 Å². The predicted octanol–water partition coefficient (Wildman–Crippen LogP) is 0.0855. The Balaban J connectivity index is 1.67. The quantitative estimate of drug-likeness (QED) is 0.796. The molecule has 0 bridgehead atoms. The molecule has 7 heteroatoms. The van der Waals surface area contributed by atoms with E-state index in [1.54, 1.807) is 6.07 Å². The van der Waals surface area contributed by atoms with Gasteiger partial charge in [0.1, 0.15) is 0 Å². The van der Waals surface area contributed by atoms with E-state index < -0.39 is 11.3 Å². The van der Waals surface area contributed by atoms with Gasteiger partial charge in [0.15, 0.2) is 0 Å². The first kappa shape index (κ1) is 17.5. The summed E-state index contributed by atoms with van der Waals surface area (Å²) >= 11 is 0. The third kappa shape index (κ3) is 2.80. The van der Waals surface area contributed by atoms with Gasteiger partial charge in [0.25, 0.3) is 0 Å². The van der Waals surface area contributed by atoms with E-state index >= 15 is 0 Å². The number of morpholine rings is 1. The Hall–Kier alpha value is -1.96. The van der Waals surface area contributed by atoms with Crippen LogP contribution in [-0.4, -0.2) is 69.2 Å². The summed E-state index contributed by atoms with van der Waals surface area (Å²) in [5.41, 5.74) is 7.24. The zero-order chi connectivity index (χ0) is 18.1. The van der Waals surface area contributed by atoms with E-state index in [0.29, 0.717) is 24.9 Å². The second-order valence-corrected chi connectivity index (χ2v) is 7.31. The van der Waals surface area contributed by atoms with Crippen LogP contribution in [0.15, 0.2) is 18.2 Å². The Kier molecular flexibility index (Phi) is 4.69. The maximum Gasteiger partial charge on any atom is 0.249 e. The fourth-order valence-electron chi connectivity index (χ4n) is 4.55. The number of benzene rings is 1. The number of nitrogens with two attached hydrogens (primary N) is 1. The van der Waals surface area contributed by atoms with Crippen LogP contribution < -0.4 is 16.0 Å². The number of carbonyl (C=O) groups is 2. The molecule has 1 spiro atoms. The zero-order valence-corrected chi connectivity index (χ0v) is 15.0. The SMILES string of the molecule is NC(=O)c1cccc2c1C1(CCNCC1)C(=O)N2CCN1CCOCC1. The molecule has 2 fully saturated rings. The lowest BCUT2D eigenvalue weighted by Gasteiger charge is -2.34. The summed E-state index contributed by atoms with van der Waals surface area (Å²) in [6.07, 6.45) is 1.41. The summed E-state index contributed by atoms with van der Waals surface area (Å²) in [7, 11) is 0. The number of hydrogen-bond donors (Lipinski definition) is 2. The summed E-state index contributed by atoms with van der Waals surface area (Å²) in [6, 6.07) is 5.54. The number of anilines is 1. The molecule has 1 aromatic rings. The first-order chi connectivity index (χ1) is 12.6. The molecule has 0 aromatic heterocycles. The van der Waals surface area contributed by atoms with Crippen molar-refractivity contribution in [3.8, 4) is 0 Å². The summed E-state index contributed by atoms with van der Waals surface area (Å²) in [6.45, 7) is 6.26. The molecular weight excluding hydrogens is 332 g/mol. The lowest BCUT2D eigenvalue weighted by atomic mass is 9.72. The van der Waals surface area contributed by atoms with Gasteiger partial charge in [-0.05, 0) is 38.1 Å². The molecule has 0 aliphatic carbocycles. The van der Waals surface area contributed by atoms with Crippen LogP contribution in [0.1, 0.15) is 28.8 Å². The molecule has 2 amide bonds. The van der Waals surface area contributed by atoms with Crippen LogP contribution in [0.4, 0.5) is 5.69 Å². The summed E-state index contributed by atoms with van der Waals surface area (Å²) in [5, 5.41) is 3.33. The van der Waals surface area contributed by atoms with Gasteiger partial charge in [-0.2, -0.15) is 0 Å². The van der Waals surface area contributed by atoms with Gasteiger partial charge in [-0.3, -0.25) is 14.5 Å². The number of hydrogen-bond acceptors (Lipinski definition) is 5. The fraction of sp³-hybridized carbons (Fsp3) is 0.579. The van der Waals surface area contributed by atoms with E-state index in [0.717, 1.165) is 57.2 Å². The molecule has 0 atom stereocenters. The van der Waals surface area contributed by atoms with E-state index in [-0.39, 0.29) is 5.91 Å². The van der Waals surface area contributed by atoms with Crippen molar-refractivity contribution in [3.05, 3.63) is 29.3 Å². The molecule has 3 heterocycles. The van der Waals surface area contributed by atoms with Gasteiger partial charge < -0.3 is 20.7 Å². The minimum Gasteiger partial charge on any atom is -0.379 e. The Morgan fingerprint density at radius 3 is 2.62 bits per heavy atom.